The summed E-state index contributed by atoms with van der Waals surface area (Å²) in [6, 6.07) is 15.3. The Morgan fingerprint density at radius 3 is 2.72 bits per heavy atom. The predicted molar refractivity (Wildman–Crippen MR) is 104 cm³/mol. The normalized spacial score (nSPS) is 15.0. The van der Waals surface area contributed by atoms with Crippen LogP contribution < -0.4 is 20.3 Å². The average Bonchev–Trinajstić information content (AvgIpc) is 2.75. The van der Waals surface area contributed by atoms with Crippen molar-refractivity contribution in [2.24, 2.45) is 0 Å². The first kappa shape index (κ1) is 18.5. The molecule has 1 aliphatic rings. The van der Waals surface area contributed by atoms with Crippen LogP contribution in [0.2, 0.25) is 0 Å². The number of ether oxygens (including phenoxy) is 3. The van der Waals surface area contributed by atoms with Crippen LogP contribution in [0, 0.1) is 0 Å². The summed E-state index contributed by atoms with van der Waals surface area (Å²) in [4.78, 5) is 38.8. The van der Waals surface area contributed by atoms with Crippen molar-refractivity contribution in [2.75, 3.05) is 19.8 Å². The van der Waals surface area contributed by atoms with Crippen molar-refractivity contribution >= 4 is 22.8 Å². The number of hydrogen-bond donors (Lipinski definition) is 2. The molecule has 1 amide bonds. The summed E-state index contributed by atoms with van der Waals surface area (Å²) in [5, 5.41) is 3.19. The largest absolute Gasteiger partial charge is 0.486 e. The van der Waals surface area contributed by atoms with Gasteiger partial charge in [0.15, 0.2) is 18.1 Å². The lowest BCUT2D eigenvalue weighted by molar-refractivity contribution is -0.124. The molecule has 1 aromatic heterocycles. The Kier molecular flexibility index (Phi) is 5.15. The van der Waals surface area contributed by atoms with E-state index in [1.807, 2.05) is 18.2 Å². The maximum atomic E-state index is 12.4. The quantitative estimate of drug-likeness (QED) is 0.637. The Morgan fingerprint density at radius 1 is 1.10 bits per heavy atom. The molecule has 3 aromatic rings. The van der Waals surface area contributed by atoms with Gasteiger partial charge in [-0.2, -0.15) is 0 Å². The monoisotopic (exact) mass is 394 g/mol. The number of para-hydroxylation sites is 3. The number of hydrogen-bond acceptors (Lipinski definition) is 6. The van der Waals surface area contributed by atoms with Crippen LogP contribution >= 0.6 is 0 Å². The summed E-state index contributed by atoms with van der Waals surface area (Å²) in [6.07, 6.45) is -0.346. The molecular formula is C21H18N2O6. The number of esters is 1. The molecule has 8 heteroatoms. The first-order valence-electron chi connectivity index (χ1n) is 9.04. The number of amides is 1. The first-order chi connectivity index (χ1) is 14.1. The molecule has 148 valence electrons. The van der Waals surface area contributed by atoms with Gasteiger partial charge in [0.05, 0.1) is 12.1 Å². The van der Waals surface area contributed by atoms with Gasteiger partial charge in [0.25, 0.3) is 5.91 Å². The van der Waals surface area contributed by atoms with Crippen LogP contribution in [0.15, 0.2) is 59.4 Å². The standard InChI is InChI=1S/C21H18N2O6/c24-19-9-15(14-5-1-2-6-16(14)23-19)21(26)28-12-20(25)22-10-13-11-27-17-7-3-4-8-18(17)29-13/h1-9,13H,10-12H2,(H,22,25)(H,23,24)/t13-/m0/s1. The zero-order valence-electron chi connectivity index (χ0n) is 15.3. The Labute approximate surface area is 165 Å². The van der Waals surface area contributed by atoms with Crippen LogP contribution in [0.1, 0.15) is 10.4 Å². The number of aromatic nitrogens is 1. The smallest absolute Gasteiger partial charge is 0.339 e. The van der Waals surface area contributed by atoms with Gasteiger partial charge in [-0.3, -0.25) is 9.59 Å². The number of benzene rings is 2. The van der Waals surface area contributed by atoms with Crippen LogP contribution in [0.25, 0.3) is 10.9 Å². The second-order valence-corrected chi connectivity index (χ2v) is 6.47. The van der Waals surface area contributed by atoms with Crippen molar-refractivity contribution in [1.29, 1.82) is 0 Å². The maximum Gasteiger partial charge on any atom is 0.339 e. The average molecular weight is 394 g/mol. The molecule has 0 radical (unpaired) electrons. The van der Waals surface area contributed by atoms with E-state index >= 15 is 0 Å². The molecule has 29 heavy (non-hydrogen) atoms. The molecule has 0 spiro atoms. The zero-order chi connectivity index (χ0) is 20.2. The molecule has 0 saturated heterocycles. The van der Waals surface area contributed by atoms with Gasteiger partial charge >= 0.3 is 5.97 Å². The highest BCUT2D eigenvalue weighted by Gasteiger charge is 2.21. The van der Waals surface area contributed by atoms with Crippen LogP contribution in [0.4, 0.5) is 0 Å². The number of H-pyrrole nitrogens is 1. The molecule has 8 nitrogen and oxygen atoms in total. The van der Waals surface area contributed by atoms with Gasteiger partial charge in [0.2, 0.25) is 5.56 Å². The summed E-state index contributed by atoms with van der Waals surface area (Å²) >= 11 is 0. The van der Waals surface area contributed by atoms with E-state index in [-0.39, 0.29) is 18.2 Å². The third-order valence-electron chi connectivity index (χ3n) is 4.40. The minimum Gasteiger partial charge on any atom is -0.486 e. The lowest BCUT2D eigenvalue weighted by Gasteiger charge is -2.26. The van der Waals surface area contributed by atoms with Gasteiger partial charge in [-0.15, -0.1) is 0 Å². The predicted octanol–water partition coefficient (Wildman–Crippen LogP) is 1.64. The fourth-order valence-corrected chi connectivity index (χ4v) is 3.02. The highest BCUT2D eigenvalue weighted by molar-refractivity contribution is 6.03. The van der Waals surface area contributed by atoms with Crippen LogP contribution in [0.3, 0.4) is 0 Å². The molecule has 0 saturated carbocycles. The molecule has 0 bridgehead atoms. The van der Waals surface area contributed by atoms with Crippen molar-refractivity contribution in [2.45, 2.75) is 6.10 Å². The third-order valence-corrected chi connectivity index (χ3v) is 4.40. The third kappa shape index (κ3) is 4.21. The molecule has 2 aromatic carbocycles. The lowest BCUT2D eigenvalue weighted by Crippen LogP contribution is -2.42. The Hall–Kier alpha value is -3.81. The van der Waals surface area contributed by atoms with Crippen molar-refractivity contribution in [3.8, 4) is 11.5 Å². The molecule has 1 aliphatic heterocycles. The minimum absolute atomic E-state index is 0.109. The van der Waals surface area contributed by atoms with Crippen molar-refractivity contribution < 1.29 is 23.8 Å². The summed E-state index contributed by atoms with van der Waals surface area (Å²) in [5.41, 5.74) is 0.207. The number of carbonyl (C=O) groups excluding carboxylic acids is 2. The highest BCUT2D eigenvalue weighted by atomic mass is 16.6. The Balaban J connectivity index is 1.31. The fraction of sp³-hybridized carbons (Fsp3) is 0.190. The van der Waals surface area contributed by atoms with Crippen molar-refractivity contribution in [3.05, 3.63) is 70.5 Å². The van der Waals surface area contributed by atoms with Gasteiger partial charge in [-0.05, 0) is 18.2 Å². The van der Waals surface area contributed by atoms with Crippen LogP contribution in [0.5, 0.6) is 11.5 Å². The number of carbonyl (C=O) groups is 2. The summed E-state index contributed by atoms with van der Waals surface area (Å²) < 4.78 is 16.4. The number of aromatic amines is 1. The topological polar surface area (TPSA) is 107 Å². The number of pyridine rings is 1. The molecular weight excluding hydrogens is 376 g/mol. The summed E-state index contributed by atoms with van der Waals surface area (Å²) in [5.74, 6) is 0.0586. The Bertz CT molecular complexity index is 1120. The molecule has 4 rings (SSSR count). The van der Waals surface area contributed by atoms with Gasteiger partial charge < -0.3 is 24.5 Å². The fourth-order valence-electron chi connectivity index (χ4n) is 3.02. The molecule has 2 N–H and O–H groups in total. The van der Waals surface area contributed by atoms with E-state index in [4.69, 9.17) is 14.2 Å². The maximum absolute atomic E-state index is 12.4. The van der Waals surface area contributed by atoms with Gasteiger partial charge in [-0.25, -0.2) is 4.79 Å². The summed E-state index contributed by atoms with van der Waals surface area (Å²) in [6.45, 7) is 0.0403. The van der Waals surface area contributed by atoms with E-state index in [1.165, 1.54) is 0 Å². The zero-order valence-corrected chi connectivity index (χ0v) is 15.3. The molecule has 0 aliphatic carbocycles. The Morgan fingerprint density at radius 2 is 1.86 bits per heavy atom. The minimum atomic E-state index is -0.742. The molecule has 1 atom stereocenters. The van der Waals surface area contributed by atoms with E-state index in [1.54, 1.807) is 30.3 Å². The van der Waals surface area contributed by atoms with Gasteiger partial charge in [0, 0.05) is 17.0 Å². The second-order valence-electron chi connectivity index (χ2n) is 6.47. The van der Waals surface area contributed by atoms with Gasteiger partial charge in [0.1, 0.15) is 12.7 Å². The number of nitrogens with one attached hydrogen (secondary N) is 2. The summed E-state index contributed by atoms with van der Waals surface area (Å²) in [7, 11) is 0. The second kappa shape index (κ2) is 8.05. The van der Waals surface area contributed by atoms with Crippen molar-refractivity contribution in [1.82, 2.24) is 10.3 Å². The lowest BCUT2D eigenvalue weighted by atomic mass is 10.1. The number of fused-ring (bicyclic) bond motifs is 2. The first-order valence-corrected chi connectivity index (χ1v) is 9.04. The van der Waals surface area contributed by atoms with Crippen LogP contribution in [-0.2, 0) is 9.53 Å². The van der Waals surface area contributed by atoms with Crippen molar-refractivity contribution in [3.63, 3.8) is 0 Å². The SMILES string of the molecule is O=C(COC(=O)c1cc(=O)[nH]c2ccccc12)NC[C@H]1COc2ccccc2O1. The molecule has 0 unspecified atom stereocenters. The van der Waals surface area contributed by atoms with E-state index in [0.29, 0.717) is 29.0 Å². The van der Waals surface area contributed by atoms with E-state index in [0.717, 1.165) is 6.07 Å². The van der Waals surface area contributed by atoms with E-state index in [2.05, 4.69) is 10.3 Å². The number of rotatable bonds is 5. The highest BCUT2D eigenvalue weighted by Crippen LogP contribution is 2.30. The van der Waals surface area contributed by atoms with Crippen LogP contribution in [-0.4, -0.2) is 42.7 Å². The molecule has 0 fully saturated rings. The van der Waals surface area contributed by atoms with Gasteiger partial charge in [-0.1, -0.05) is 30.3 Å². The molecule has 2 heterocycles. The van der Waals surface area contributed by atoms with E-state index in [9.17, 15) is 14.4 Å². The van der Waals surface area contributed by atoms with E-state index < -0.39 is 24.0 Å².